The first-order valence-electron chi connectivity index (χ1n) is 17.3. The molecule has 0 N–H and O–H groups in total. The zero-order valence-electron chi connectivity index (χ0n) is 29.1. The molecule has 3 saturated heterocycles. The first-order valence-corrected chi connectivity index (χ1v) is 19.1. The molecule has 11 nitrogen and oxygen atoms in total. The molecule has 4 aromatic rings. The molecule has 0 bridgehead atoms. The van der Waals surface area contributed by atoms with Crippen molar-refractivity contribution in [2.24, 2.45) is 5.41 Å². The number of nitriles is 1. The van der Waals surface area contributed by atoms with Gasteiger partial charge in [0.15, 0.2) is 6.10 Å². The molecule has 1 spiro atoms. The van der Waals surface area contributed by atoms with E-state index in [4.69, 9.17) is 4.74 Å². The van der Waals surface area contributed by atoms with Crippen LogP contribution in [0.3, 0.4) is 0 Å². The first kappa shape index (κ1) is 35.6. The van der Waals surface area contributed by atoms with Gasteiger partial charge < -0.3 is 14.2 Å². The molecule has 2 aromatic heterocycles. The van der Waals surface area contributed by atoms with Gasteiger partial charge in [0.25, 0.3) is 0 Å². The van der Waals surface area contributed by atoms with Gasteiger partial charge in [-0.2, -0.15) is 22.7 Å². The van der Waals surface area contributed by atoms with Crippen LogP contribution in [-0.4, -0.2) is 115 Å². The van der Waals surface area contributed by atoms with Crippen molar-refractivity contribution in [1.82, 2.24) is 28.6 Å². The molecule has 2 unspecified atom stereocenters. The highest BCUT2D eigenvalue weighted by atomic mass is 32.2. The highest BCUT2D eigenvalue weighted by Gasteiger charge is 2.46. The summed E-state index contributed by atoms with van der Waals surface area (Å²) >= 11 is 0. The van der Waals surface area contributed by atoms with Crippen molar-refractivity contribution in [2.75, 3.05) is 70.6 Å². The number of hydrogen-bond acceptors (Lipinski definition) is 9. The maximum absolute atomic E-state index is 13.6. The summed E-state index contributed by atoms with van der Waals surface area (Å²) in [5, 5.41) is 11.6. The summed E-state index contributed by atoms with van der Waals surface area (Å²) in [4.78, 5) is 15.7. The van der Waals surface area contributed by atoms with Crippen molar-refractivity contribution in [1.29, 1.82) is 5.26 Å². The van der Waals surface area contributed by atoms with Gasteiger partial charge in [-0.25, -0.2) is 18.4 Å². The number of rotatable bonds is 9. The molecule has 2 atom stereocenters. The van der Waals surface area contributed by atoms with E-state index in [1.165, 1.54) is 34.6 Å². The number of ether oxygens (including phenoxy) is 1. The van der Waals surface area contributed by atoms with Crippen LogP contribution in [0.2, 0.25) is 0 Å². The van der Waals surface area contributed by atoms with Gasteiger partial charge in [-0.3, -0.25) is 9.80 Å². The minimum Gasteiger partial charge on any atom is -0.367 e. The molecule has 3 aliphatic rings. The monoisotopic (exact) mass is 724 g/mol. The van der Waals surface area contributed by atoms with Gasteiger partial charge in [0.1, 0.15) is 23.9 Å². The van der Waals surface area contributed by atoms with Crippen LogP contribution in [0.1, 0.15) is 42.7 Å². The fraction of sp³-hybridized carbons (Fsp3) is 0.528. The molecule has 0 radical (unpaired) electrons. The summed E-state index contributed by atoms with van der Waals surface area (Å²) < 4.78 is 73.0. The summed E-state index contributed by atoms with van der Waals surface area (Å²) in [5.74, 6) is 0.660. The molecule has 15 heteroatoms. The van der Waals surface area contributed by atoms with Crippen LogP contribution in [0.25, 0.3) is 21.8 Å². The number of methoxy groups -OCH3 is 1. The molecule has 0 saturated carbocycles. The molecule has 0 aliphatic carbocycles. The van der Waals surface area contributed by atoms with E-state index < -0.39 is 22.3 Å². The Hall–Kier alpha value is -3.81. The molecule has 3 fully saturated rings. The van der Waals surface area contributed by atoms with Gasteiger partial charge in [0, 0.05) is 87.2 Å². The van der Waals surface area contributed by atoms with Crippen molar-refractivity contribution in [3.63, 3.8) is 0 Å². The van der Waals surface area contributed by atoms with Gasteiger partial charge >= 0.3 is 6.18 Å². The molecule has 5 heterocycles. The lowest BCUT2D eigenvalue weighted by molar-refractivity contribution is -0.215. The lowest BCUT2D eigenvalue weighted by Gasteiger charge is -2.54. The quantitative estimate of drug-likeness (QED) is 0.241. The molecule has 0 amide bonds. The molecule has 7 rings (SSSR count). The molecular formula is C36H43F3N8O3S. The zero-order valence-corrected chi connectivity index (χ0v) is 29.9. The van der Waals surface area contributed by atoms with Crippen molar-refractivity contribution >= 4 is 37.6 Å². The Bertz CT molecular complexity index is 2060. The highest BCUT2D eigenvalue weighted by molar-refractivity contribution is 7.88. The second-order valence-electron chi connectivity index (χ2n) is 14.5. The number of benzene rings is 2. The van der Waals surface area contributed by atoms with Crippen LogP contribution < -0.4 is 4.90 Å². The number of aromatic nitrogens is 3. The number of likely N-dealkylation sites (tertiary alicyclic amines) is 1. The van der Waals surface area contributed by atoms with Crippen LogP contribution in [0.15, 0.2) is 48.8 Å². The number of anilines is 1. The summed E-state index contributed by atoms with van der Waals surface area (Å²) in [6.07, 6.45) is -1.77. The SMILES string of the molecule is COC(c1ccc2ncnc(N3CC4(CCN(Cc5ccc6c(c5)cc(C#N)n6CC(C)N5CCN(S(C)(=O)=O)CC5)CC4)C3)c2c1)C(F)(F)F. The van der Waals surface area contributed by atoms with E-state index in [9.17, 15) is 26.9 Å². The van der Waals surface area contributed by atoms with E-state index in [2.05, 4.69) is 60.4 Å². The van der Waals surface area contributed by atoms with E-state index in [0.717, 1.165) is 63.6 Å². The van der Waals surface area contributed by atoms with Crippen molar-refractivity contribution in [2.45, 2.75) is 51.2 Å². The van der Waals surface area contributed by atoms with E-state index in [-0.39, 0.29) is 17.0 Å². The number of piperidine rings is 1. The second-order valence-corrected chi connectivity index (χ2v) is 16.4. The number of halogens is 3. The Morgan fingerprint density at radius 2 is 1.73 bits per heavy atom. The zero-order chi connectivity index (χ0) is 36.1. The van der Waals surface area contributed by atoms with E-state index in [1.54, 1.807) is 6.07 Å². The smallest absolute Gasteiger partial charge is 0.367 e. The second kappa shape index (κ2) is 13.6. The van der Waals surface area contributed by atoms with E-state index in [0.29, 0.717) is 55.1 Å². The van der Waals surface area contributed by atoms with Gasteiger partial charge in [0.05, 0.1) is 11.8 Å². The van der Waals surface area contributed by atoms with Crippen molar-refractivity contribution in [3.8, 4) is 6.07 Å². The van der Waals surface area contributed by atoms with Crippen molar-refractivity contribution < 1.29 is 26.3 Å². The third-order valence-electron chi connectivity index (χ3n) is 11.0. The van der Waals surface area contributed by atoms with Gasteiger partial charge in [-0.1, -0.05) is 12.1 Å². The number of hydrogen-bond donors (Lipinski definition) is 0. The standard InChI is InChI=1S/C36H43F3N8O3S/c1-25(44-12-14-46(15-13-44)51(3,48)49)20-47-29(19-40)17-28-16-26(4-7-32(28)47)21-43-10-8-35(9-11-43)22-45(23-35)34-30-18-27(33(50-2)36(37,38)39)5-6-31(30)41-24-42-34/h4-7,16-18,24-25,33H,8-15,20-23H2,1-3H3. The van der Waals surface area contributed by atoms with E-state index in [1.807, 2.05) is 6.07 Å². The molecular weight excluding hydrogens is 682 g/mol. The van der Waals surface area contributed by atoms with Crippen molar-refractivity contribution in [3.05, 3.63) is 65.6 Å². The van der Waals surface area contributed by atoms with Crippen LogP contribution in [0.4, 0.5) is 19.0 Å². The third-order valence-corrected chi connectivity index (χ3v) is 12.3. The first-order chi connectivity index (χ1) is 24.3. The lowest BCUT2D eigenvalue weighted by atomic mass is 9.72. The summed E-state index contributed by atoms with van der Waals surface area (Å²) in [6.45, 7) is 9.33. The lowest BCUT2D eigenvalue weighted by Crippen LogP contribution is -2.60. The topological polar surface area (TPSA) is 111 Å². The molecule has 3 aliphatic heterocycles. The fourth-order valence-electron chi connectivity index (χ4n) is 8.17. The number of piperazine rings is 1. The Kier molecular flexibility index (Phi) is 9.51. The third kappa shape index (κ3) is 7.17. The fourth-order valence-corrected chi connectivity index (χ4v) is 9.00. The maximum atomic E-state index is 13.6. The predicted molar refractivity (Wildman–Crippen MR) is 189 cm³/mol. The molecule has 51 heavy (non-hydrogen) atoms. The largest absolute Gasteiger partial charge is 0.418 e. The minimum atomic E-state index is -4.52. The summed E-state index contributed by atoms with van der Waals surface area (Å²) in [7, 11) is -2.13. The van der Waals surface area contributed by atoms with Gasteiger partial charge in [0.2, 0.25) is 10.0 Å². The van der Waals surface area contributed by atoms with Crippen LogP contribution >= 0.6 is 0 Å². The number of nitrogens with zero attached hydrogens (tertiary/aromatic N) is 8. The van der Waals surface area contributed by atoms with Crippen LogP contribution in [0, 0.1) is 16.7 Å². The Morgan fingerprint density at radius 1 is 1.00 bits per heavy atom. The van der Waals surface area contributed by atoms with Crippen LogP contribution in [0.5, 0.6) is 0 Å². The Morgan fingerprint density at radius 3 is 2.37 bits per heavy atom. The molecule has 272 valence electrons. The molecule has 2 aromatic carbocycles. The number of alkyl halides is 3. The van der Waals surface area contributed by atoms with E-state index >= 15 is 0 Å². The summed E-state index contributed by atoms with van der Waals surface area (Å²) in [5.41, 5.74) is 3.60. The normalized spacial score (nSPS) is 20.5. The van der Waals surface area contributed by atoms with Gasteiger partial charge in [-0.15, -0.1) is 0 Å². The van der Waals surface area contributed by atoms with Crippen LogP contribution in [-0.2, 0) is 27.8 Å². The predicted octanol–water partition coefficient (Wildman–Crippen LogP) is 4.77. The Balaban J connectivity index is 0.967. The highest BCUT2D eigenvalue weighted by Crippen LogP contribution is 2.44. The minimum absolute atomic E-state index is 0.0347. The van der Waals surface area contributed by atoms with Gasteiger partial charge in [-0.05, 0) is 74.3 Å². The maximum Gasteiger partial charge on any atom is 0.418 e. The summed E-state index contributed by atoms with van der Waals surface area (Å²) in [6, 6.07) is 15.4. The Labute approximate surface area is 296 Å². The number of fused-ring (bicyclic) bond motifs is 2. The number of sulfonamides is 1. The average molecular weight is 725 g/mol. The average Bonchev–Trinajstić information content (AvgIpc) is 3.43.